The summed E-state index contributed by atoms with van der Waals surface area (Å²) < 4.78 is 10.8. The van der Waals surface area contributed by atoms with Gasteiger partial charge in [0.2, 0.25) is 23.6 Å². The highest BCUT2D eigenvalue weighted by molar-refractivity contribution is 7.08. The van der Waals surface area contributed by atoms with Gasteiger partial charge in [0.05, 0.1) is 12.1 Å². The van der Waals surface area contributed by atoms with Crippen LogP contribution in [-0.4, -0.2) is 63.1 Å². The Morgan fingerprint density at radius 2 is 1.83 bits per heavy atom. The zero-order valence-electron chi connectivity index (χ0n) is 17.0. The molecule has 3 aromatic heterocycles. The van der Waals surface area contributed by atoms with Crippen molar-refractivity contribution >= 4 is 23.2 Å². The first kappa shape index (κ1) is 20.3. The molecule has 0 N–H and O–H groups in total. The molecule has 0 radical (unpaired) electrons. The van der Waals surface area contributed by atoms with Gasteiger partial charge in [-0.25, -0.2) is 0 Å². The van der Waals surface area contributed by atoms with Gasteiger partial charge in [-0.05, 0) is 25.3 Å². The molecule has 0 saturated carbocycles. The van der Waals surface area contributed by atoms with Crippen LogP contribution in [-0.2, 0) is 22.4 Å². The normalized spacial score (nSPS) is 14.3. The van der Waals surface area contributed by atoms with Gasteiger partial charge < -0.3 is 18.7 Å². The van der Waals surface area contributed by atoms with Gasteiger partial charge in [0.1, 0.15) is 5.76 Å². The van der Waals surface area contributed by atoms with Crippen molar-refractivity contribution in [1.82, 2.24) is 25.2 Å². The van der Waals surface area contributed by atoms with Crippen molar-refractivity contribution < 1.29 is 18.5 Å². The van der Waals surface area contributed by atoms with E-state index in [4.69, 9.17) is 8.94 Å². The Balaban J connectivity index is 1.24. The minimum atomic E-state index is 0.0307. The van der Waals surface area contributed by atoms with Gasteiger partial charge in [0.25, 0.3) is 0 Å². The number of thiophene rings is 1. The number of hydrogen-bond donors (Lipinski definition) is 0. The maximum atomic E-state index is 12.6. The monoisotopic (exact) mass is 429 g/mol. The van der Waals surface area contributed by atoms with Crippen LogP contribution in [0, 0.1) is 13.8 Å². The molecule has 0 aliphatic carbocycles. The Morgan fingerprint density at radius 3 is 2.47 bits per heavy atom. The lowest BCUT2D eigenvalue weighted by Crippen LogP contribution is -2.51. The summed E-state index contributed by atoms with van der Waals surface area (Å²) >= 11 is 1.56. The Labute approximate surface area is 177 Å². The second kappa shape index (κ2) is 8.78. The first-order valence-electron chi connectivity index (χ1n) is 9.83. The van der Waals surface area contributed by atoms with Crippen LogP contribution in [0.15, 0.2) is 25.8 Å². The minimum Gasteiger partial charge on any atom is -0.421 e. The lowest BCUT2D eigenvalue weighted by molar-refractivity contribution is -0.139. The smallest absolute Gasteiger partial charge is 0.248 e. The molecule has 3 aromatic rings. The highest BCUT2D eigenvalue weighted by Crippen LogP contribution is 2.21. The van der Waals surface area contributed by atoms with Crippen molar-refractivity contribution in [2.75, 3.05) is 26.2 Å². The molecule has 0 aromatic carbocycles. The van der Waals surface area contributed by atoms with E-state index in [9.17, 15) is 9.59 Å². The van der Waals surface area contributed by atoms with E-state index >= 15 is 0 Å². The van der Waals surface area contributed by atoms with Crippen molar-refractivity contribution in [2.45, 2.75) is 33.1 Å². The maximum absolute atomic E-state index is 12.6. The van der Waals surface area contributed by atoms with Gasteiger partial charge in [-0.3, -0.25) is 9.59 Å². The molecule has 10 heteroatoms. The van der Waals surface area contributed by atoms with Crippen molar-refractivity contribution in [3.8, 4) is 11.5 Å². The van der Waals surface area contributed by atoms with E-state index in [-0.39, 0.29) is 18.2 Å². The molecule has 1 saturated heterocycles. The molecule has 9 nitrogen and oxygen atoms in total. The zero-order valence-corrected chi connectivity index (χ0v) is 17.8. The van der Waals surface area contributed by atoms with Crippen molar-refractivity contribution in [1.29, 1.82) is 0 Å². The Kier molecular flexibility index (Phi) is 5.93. The maximum Gasteiger partial charge on any atom is 0.248 e. The average Bonchev–Trinajstić information content (AvgIpc) is 3.50. The molecular formula is C20H23N5O4S. The lowest BCUT2D eigenvalue weighted by atomic mass is 10.1. The molecule has 30 heavy (non-hydrogen) atoms. The van der Waals surface area contributed by atoms with Crippen LogP contribution in [0.4, 0.5) is 0 Å². The molecule has 0 atom stereocenters. The summed E-state index contributed by atoms with van der Waals surface area (Å²) in [5.74, 6) is 1.67. The number of carbonyl (C=O) groups is 2. The quantitative estimate of drug-likeness (QED) is 0.592. The highest BCUT2D eigenvalue weighted by atomic mass is 32.1. The van der Waals surface area contributed by atoms with Crippen LogP contribution >= 0.6 is 11.3 Å². The summed E-state index contributed by atoms with van der Waals surface area (Å²) in [5, 5.41) is 15.8. The summed E-state index contributed by atoms with van der Waals surface area (Å²) in [7, 11) is 0. The largest absolute Gasteiger partial charge is 0.421 e. The van der Waals surface area contributed by atoms with Crippen molar-refractivity contribution in [2.24, 2.45) is 0 Å². The third-order valence-electron chi connectivity index (χ3n) is 5.28. The molecule has 1 aliphatic rings. The van der Waals surface area contributed by atoms with E-state index in [0.717, 1.165) is 16.8 Å². The van der Waals surface area contributed by atoms with Gasteiger partial charge in [-0.15, -0.1) is 10.2 Å². The molecule has 1 aliphatic heterocycles. The van der Waals surface area contributed by atoms with Crippen LogP contribution in [0.2, 0.25) is 0 Å². The predicted octanol–water partition coefficient (Wildman–Crippen LogP) is 2.25. The van der Waals surface area contributed by atoms with Gasteiger partial charge in [0, 0.05) is 55.5 Å². The first-order chi connectivity index (χ1) is 14.5. The number of aryl methyl sites for hydroxylation is 3. The molecule has 0 spiro atoms. The summed E-state index contributed by atoms with van der Waals surface area (Å²) in [6, 6.07) is 1.92. The topological polar surface area (TPSA) is 106 Å². The number of piperazine rings is 1. The second-order valence-electron chi connectivity index (χ2n) is 7.25. The van der Waals surface area contributed by atoms with Crippen LogP contribution in [0.5, 0.6) is 0 Å². The molecule has 0 unspecified atom stereocenters. The van der Waals surface area contributed by atoms with Crippen LogP contribution in [0.1, 0.15) is 29.3 Å². The molecule has 4 rings (SSSR count). The van der Waals surface area contributed by atoms with E-state index in [1.165, 1.54) is 0 Å². The fraction of sp³-hybridized carbons (Fsp3) is 0.450. The van der Waals surface area contributed by atoms with E-state index in [1.807, 2.05) is 30.7 Å². The van der Waals surface area contributed by atoms with Gasteiger partial charge in [0.15, 0.2) is 0 Å². The third kappa shape index (κ3) is 4.43. The van der Waals surface area contributed by atoms with E-state index in [0.29, 0.717) is 56.6 Å². The number of nitrogens with zero attached hydrogens (tertiary/aromatic N) is 5. The standard InChI is InChI=1S/C20H23N5O4S/c1-13-16(14(2)29-23-13)11-19(27)25-8-6-24(7-9-25)18(26)4-3-17-21-22-20(28-17)15-5-10-30-12-15/h5,10,12H,3-4,6-9,11H2,1-2H3. The minimum absolute atomic E-state index is 0.0307. The second-order valence-corrected chi connectivity index (χ2v) is 8.03. The molecule has 4 heterocycles. The van der Waals surface area contributed by atoms with Crippen molar-refractivity contribution in [3.05, 3.63) is 39.7 Å². The Hall–Kier alpha value is -3.01. The molecule has 1 fully saturated rings. The number of carbonyl (C=O) groups excluding carboxylic acids is 2. The van der Waals surface area contributed by atoms with E-state index < -0.39 is 0 Å². The van der Waals surface area contributed by atoms with Gasteiger partial charge in [-0.2, -0.15) is 11.3 Å². The molecule has 2 amide bonds. The number of hydrogen-bond acceptors (Lipinski definition) is 8. The molecule has 158 valence electrons. The molecular weight excluding hydrogens is 406 g/mol. The number of amides is 2. The third-order valence-corrected chi connectivity index (χ3v) is 5.97. The van der Waals surface area contributed by atoms with Crippen LogP contribution in [0.3, 0.4) is 0 Å². The van der Waals surface area contributed by atoms with Gasteiger partial charge >= 0.3 is 0 Å². The number of aromatic nitrogens is 3. The zero-order chi connectivity index (χ0) is 21.1. The van der Waals surface area contributed by atoms with Gasteiger partial charge in [-0.1, -0.05) is 5.16 Å². The summed E-state index contributed by atoms with van der Waals surface area (Å²) in [6.07, 6.45) is 0.984. The Morgan fingerprint density at radius 1 is 1.10 bits per heavy atom. The summed E-state index contributed by atoms with van der Waals surface area (Å²) in [5.41, 5.74) is 2.49. The fourth-order valence-corrected chi connectivity index (χ4v) is 4.08. The summed E-state index contributed by atoms with van der Waals surface area (Å²) in [6.45, 7) is 5.74. The van der Waals surface area contributed by atoms with Crippen molar-refractivity contribution in [3.63, 3.8) is 0 Å². The van der Waals surface area contributed by atoms with E-state index in [2.05, 4.69) is 15.4 Å². The first-order valence-corrected chi connectivity index (χ1v) is 10.8. The van der Waals surface area contributed by atoms with E-state index in [1.54, 1.807) is 21.1 Å². The number of rotatable bonds is 6. The van der Waals surface area contributed by atoms with Crippen LogP contribution in [0.25, 0.3) is 11.5 Å². The summed E-state index contributed by atoms with van der Waals surface area (Å²) in [4.78, 5) is 28.7. The van der Waals surface area contributed by atoms with Crippen LogP contribution < -0.4 is 0 Å². The lowest BCUT2D eigenvalue weighted by Gasteiger charge is -2.34. The SMILES string of the molecule is Cc1noc(C)c1CC(=O)N1CCN(C(=O)CCc2nnc(-c3ccsc3)o2)CC1. The molecule has 0 bridgehead atoms. The predicted molar refractivity (Wildman–Crippen MR) is 109 cm³/mol. The highest BCUT2D eigenvalue weighted by Gasteiger charge is 2.25. The Bertz CT molecular complexity index is 999. The fourth-order valence-electron chi connectivity index (χ4n) is 3.45. The average molecular weight is 430 g/mol.